The number of carbonyl (C=O) groups is 3. The normalized spacial score (nSPS) is 15.9. The van der Waals surface area contributed by atoms with Crippen LogP contribution in [0.1, 0.15) is 28.8 Å². The summed E-state index contributed by atoms with van der Waals surface area (Å²) in [6, 6.07) is 15.9. The number of benzene rings is 2. The van der Waals surface area contributed by atoms with E-state index in [0.29, 0.717) is 22.9 Å². The molecule has 3 rings (SSSR count). The first-order valence-electron chi connectivity index (χ1n) is 10.0. The Labute approximate surface area is 187 Å². The Kier molecular flexibility index (Phi) is 7.36. The molecule has 1 heterocycles. The number of hydrogen-bond acceptors (Lipinski definition) is 5. The molecule has 1 atom stereocenters. The van der Waals surface area contributed by atoms with Gasteiger partial charge in [0, 0.05) is 19.3 Å². The second kappa shape index (κ2) is 10.2. The first-order chi connectivity index (χ1) is 14.9. The molecule has 0 radical (unpaired) electrons. The third-order valence-corrected chi connectivity index (χ3v) is 5.71. The highest BCUT2D eigenvalue weighted by molar-refractivity contribution is 7.80. The number of ether oxygens (including phenoxy) is 1. The number of thiocarbonyl (C=S) groups is 1. The minimum absolute atomic E-state index is 0.00654. The molecule has 0 aromatic heterocycles. The van der Waals surface area contributed by atoms with E-state index in [4.69, 9.17) is 12.2 Å². The molecule has 2 aromatic rings. The SMILES string of the molecule is COC(=O)c1ccc(NC(=O)CC2C(=O)N(C)C(=S)N2CCCc2ccccc2)cc1. The fourth-order valence-corrected chi connectivity index (χ4v) is 3.83. The van der Waals surface area contributed by atoms with E-state index >= 15 is 0 Å². The highest BCUT2D eigenvalue weighted by Gasteiger charge is 2.41. The zero-order valence-electron chi connectivity index (χ0n) is 17.5. The fourth-order valence-electron chi connectivity index (χ4n) is 3.52. The number of esters is 1. The molecule has 1 aliphatic rings. The molecule has 1 aliphatic heterocycles. The maximum atomic E-state index is 12.7. The van der Waals surface area contributed by atoms with Gasteiger partial charge in [0.05, 0.1) is 19.1 Å². The fraction of sp³-hybridized carbons (Fsp3) is 0.304. The van der Waals surface area contributed by atoms with Gasteiger partial charge >= 0.3 is 5.97 Å². The lowest BCUT2D eigenvalue weighted by molar-refractivity contribution is -0.130. The summed E-state index contributed by atoms with van der Waals surface area (Å²) in [4.78, 5) is 40.0. The predicted molar refractivity (Wildman–Crippen MR) is 122 cm³/mol. The highest BCUT2D eigenvalue weighted by atomic mass is 32.1. The minimum Gasteiger partial charge on any atom is -0.465 e. The highest BCUT2D eigenvalue weighted by Crippen LogP contribution is 2.21. The number of anilines is 1. The van der Waals surface area contributed by atoms with Gasteiger partial charge in [-0.1, -0.05) is 30.3 Å². The van der Waals surface area contributed by atoms with E-state index in [1.807, 2.05) is 23.1 Å². The number of methoxy groups -OCH3 is 1. The Morgan fingerprint density at radius 2 is 1.77 bits per heavy atom. The maximum absolute atomic E-state index is 12.7. The smallest absolute Gasteiger partial charge is 0.337 e. The lowest BCUT2D eigenvalue weighted by Gasteiger charge is -2.23. The molecule has 162 valence electrons. The average molecular weight is 440 g/mol. The molecular formula is C23H25N3O4S. The van der Waals surface area contributed by atoms with Gasteiger partial charge in [-0.2, -0.15) is 0 Å². The molecule has 1 fully saturated rings. The van der Waals surface area contributed by atoms with Crippen molar-refractivity contribution >= 4 is 40.8 Å². The molecule has 2 aromatic carbocycles. The van der Waals surface area contributed by atoms with Crippen LogP contribution < -0.4 is 5.32 Å². The Morgan fingerprint density at radius 1 is 1.10 bits per heavy atom. The summed E-state index contributed by atoms with van der Waals surface area (Å²) in [5, 5.41) is 3.22. The molecule has 0 spiro atoms. The van der Waals surface area contributed by atoms with Crippen molar-refractivity contribution in [2.24, 2.45) is 0 Å². The molecule has 1 unspecified atom stereocenters. The Bertz CT molecular complexity index is 963. The second-order valence-electron chi connectivity index (χ2n) is 7.30. The number of hydrogen-bond donors (Lipinski definition) is 1. The Morgan fingerprint density at radius 3 is 2.42 bits per heavy atom. The van der Waals surface area contributed by atoms with Gasteiger partial charge in [0.25, 0.3) is 5.91 Å². The van der Waals surface area contributed by atoms with Crippen LogP contribution in [0.3, 0.4) is 0 Å². The minimum atomic E-state index is -0.623. The first-order valence-corrected chi connectivity index (χ1v) is 10.4. The van der Waals surface area contributed by atoms with E-state index in [-0.39, 0.29) is 18.2 Å². The molecule has 1 N–H and O–H groups in total. The van der Waals surface area contributed by atoms with Gasteiger partial charge in [-0.25, -0.2) is 4.79 Å². The van der Waals surface area contributed by atoms with Crippen molar-refractivity contribution < 1.29 is 19.1 Å². The largest absolute Gasteiger partial charge is 0.465 e. The summed E-state index contributed by atoms with van der Waals surface area (Å²) in [5.74, 6) is -0.923. The molecule has 31 heavy (non-hydrogen) atoms. The van der Waals surface area contributed by atoms with Crippen LogP contribution in [0.25, 0.3) is 0 Å². The van der Waals surface area contributed by atoms with E-state index in [0.717, 1.165) is 12.8 Å². The number of nitrogens with zero attached hydrogens (tertiary/aromatic N) is 2. The molecule has 8 heteroatoms. The van der Waals surface area contributed by atoms with Crippen molar-refractivity contribution in [1.82, 2.24) is 9.80 Å². The van der Waals surface area contributed by atoms with Crippen molar-refractivity contribution in [3.63, 3.8) is 0 Å². The third kappa shape index (κ3) is 5.46. The first kappa shape index (κ1) is 22.4. The summed E-state index contributed by atoms with van der Waals surface area (Å²) < 4.78 is 4.66. The van der Waals surface area contributed by atoms with Crippen molar-refractivity contribution in [1.29, 1.82) is 0 Å². The Hall–Kier alpha value is -3.26. The Balaban J connectivity index is 1.60. The van der Waals surface area contributed by atoms with E-state index in [2.05, 4.69) is 22.2 Å². The standard InChI is InChI=1S/C23H25N3O4S/c1-25-21(28)19(26(23(25)31)14-6-9-16-7-4-3-5-8-16)15-20(27)24-18-12-10-17(11-13-18)22(29)30-2/h3-5,7-8,10-13,19H,6,9,14-15H2,1-2H3,(H,24,27). The van der Waals surface area contributed by atoms with Crippen LogP contribution in [0.5, 0.6) is 0 Å². The van der Waals surface area contributed by atoms with Crippen molar-refractivity contribution in [2.75, 3.05) is 26.0 Å². The summed E-state index contributed by atoms with van der Waals surface area (Å²) in [6.07, 6.45) is 1.68. The number of amides is 2. The average Bonchev–Trinajstić information content (AvgIpc) is 2.98. The molecule has 7 nitrogen and oxygen atoms in total. The molecule has 2 amide bonds. The van der Waals surface area contributed by atoms with Crippen LogP contribution in [0.2, 0.25) is 0 Å². The predicted octanol–water partition coefficient (Wildman–Crippen LogP) is 2.86. The lowest BCUT2D eigenvalue weighted by atomic mass is 10.1. The van der Waals surface area contributed by atoms with Gasteiger partial charge in [-0.3, -0.25) is 14.5 Å². The van der Waals surface area contributed by atoms with Crippen LogP contribution in [0, 0.1) is 0 Å². The van der Waals surface area contributed by atoms with Crippen molar-refractivity contribution in [3.8, 4) is 0 Å². The lowest BCUT2D eigenvalue weighted by Crippen LogP contribution is -2.38. The number of carbonyl (C=O) groups excluding carboxylic acids is 3. The number of likely N-dealkylation sites (N-methyl/N-ethyl adjacent to an activating group) is 1. The summed E-state index contributed by atoms with van der Waals surface area (Å²) in [6.45, 7) is 0.593. The van der Waals surface area contributed by atoms with Crippen LogP contribution in [0.4, 0.5) is 5.69 Å². The van der Waals surface area contributed by atoms with E-state index in [1.54, 1.807) is 31.3 Å². The van der Waals surface area contributed by atoms with Crippen molar-refractivity contribution in [3.05, 3.63) is 65.7 Å². The number of nitrogens with one attached hydrogen (secondary N) is 1. The van der Waals surface area contributed by atoms with Gasteiger partial charge in [-0.05, 0) is 54.9 Å². The van der Waals surface area contributed by atoms with E-state index < -0.39 is 12.0 Å². The number of rotatable bonds is 8. The van der Waals surface area contributed by atoms with Gasteiger partial charge in [0.2, 0.25) is 5.91 Å². The van der Waals surface area contributed by atoms with E-state index in [1.165, 1.54) is 17.6 Å². The molecule has 0 bridgehead atoms. The van der Waals surface area contributed by atoms with E-state index in [9.17, 15) is 14.4 Å². The zero-order valence-corrected chi connectivity index (χ0v) is 18.4. The molecule has 1 saturated heterocycles. The molecule has 0 saturated carbocycles. The monoisotopic (exact) mass is 439 g/mol. The number of aryl methyl sites for hydroxylation is 1. The van der Waals surface area contributed by atoms with Crippen LogP contribution in [-0.4, -0.2) is 59.4 Å². The van der Waals surface area contributed by atoms with Crippen LogP contribution in [0.15, 0.2) is 54.6 Å². The summed E-state index contributed by atoms with van der Waals surface area (Å²) in [5.41, 5.74) is 2.15. The summed E-state index contributed by atoms with van der Waals surface area (Å²) in [7, 11) is 2.95. The maximum Gasteiger partial charge on any atom is 0.337 e. The van der Waals surface area contributed by atoms with Gasteiger partial charge in [0.1, 0.15) is 6.04 Å². The third-order valence-electron chi connectivity index (χ3n) is 5.20. The molecular weight excluding hydrogens is 414 g/mol. The quantitative estimate of drug-likeness (QED) is 0.503. The van der Waals surface area contributed by atoms with Gasteiger partial charge in [-0.15, -0.1) is 0 Å². The van der Waals surface area contributed by atoms with Crippen molar-refractivity contribution in [2.45, 2.75) is 25.3 Å². The second-order valence-corrected chi connectivity index (χ2v) is 7.66. The molecule has 0 aliphatic carbocycles. The van der Waals surface area contributed by atoms with Crippen LogP contribution in [-0.2, 0) is 20.7 Å². The summed E-state index contributed by atoms with van der Waals surface area (Å²) >= 11 is 5.44. The zero-order chi connectivity index (χ0) is 22.4. The van der Waals surface area contributed by atoms with Gasteiger partial charge in [0.15, 0.2) is 5.11 Å². The van der Waals surface area contributed by atoms with Crippen LogP contribution >= 0.6 is 12.2 Å². The topological polar surface area (TPSA) is 78.9 Å². The van der Waals surface area contributed by atoms with Gasteiger partial charge < -0.3 is 15.0 Å².